The number of hydrogen-bond acceptors (Lipinski definition) is 4. The van der Waals surface area contributed by atoms with Gasteiger partial charge in [0.25, 0.3) is 5.91 Å². The fourth-order valence-corrected chi connectivity index (χ4v) is 2.07. The number of carbonyl (C=O) groups excluding carboxylic acids is 1. The summed E-state index contributed by atoms with van der Waals surface area (Å²) in [7, 11) is 0. The van der Waals surface area contributed by atoms with Crippen molar-refractivity contribution in [1.29, 1.82) is 5.26 Å². The fraction of sp³-hybridized carbons (Fsp3) is 0.263. The second kappa shape index (κ2) is 8.14. The first kappa shape index (κ1) is 17.5. The van der Waals surface area contributed by atoms with Crippen molar-refractivity contribution in [2.75, 3.05) is 13.2 Å². The molecule has 2 rings (SSSR count). The van der Waals surface area contributed by atoms with E-state index in [9.17, 15) is 4.79 Å². The average molecular weight is 324 g/mol. The van der Waals surface area contributed by atoms with Crippen molar-refractivity contribution in [2.24, 2.45) is 5.92 Å². The molecule has 0 saturated heterocycles. The van der Waals surface area contributed by atoms with Crippen LogP contribution in [0.25, 0.3) is 0 Å². The van der Waals surface area contributed by atoms with Gasteiger partial charge in [0, 0.05) is 18.7 Å². The zero-order valence-corrected chi connectivity index (χ0v) is 13.7. The zero-order valence-electron chi connectivity index (χ0n) is 13.7. The lowest BCUT2D eigenvalue weighted by molar-refractivity contribution is 0.0942. The first-order valence-corrected chi connectivity index (χ1v) is 7.71. The molecule has 1 unspecified atom stereocenters. The summed E-state index contributed by atoms with van der Waals surface area (Å²) >= 11 is 0. The van der Waals surface area contributed by atoms with E-state index in [1.165, 1.54) is 0 Å². The van der Waals surface area contributed by atoms with Crippen LogP contribution in [-0.2, 0) is 0 Å². The standard InChI is InChI=1S/C19H20N2O3/c1-13(12-22)11-21-19(23)16-4-6-17(7-5-16)24-18-8-3-15(10-20)9-14(18)2/h3-9,13,22H,11-12H2,1-2H3,(H,21,23). The van der Waals surface area contributed by atoms with Crippen molar-refractivity contribution in [2.45, 2.75) is 13.8 Å². The third kappa shape index (κ3) is 4.58. The van der Waals surface area contributed by atoms with Gasteiger partial charge in [-0.15, -0.1) is 0 Å². The number of aryl methyl sites for hydroxylation is 1. The molecule has 1 amide bonds. The summed E-state index contributed by atoms with van der Waals surface area (Å²) in [6.45, 7) is 4.20. The van der Waals surface area contributed by atoms with Crippen LogP contribution in [0.2, 0.25) is 0 Å². The minimum atomic E-state index is -0.184. The SMILES string of the molecule is Cc1cc(C#N)ccc1Oc1ccc(C(=O)NCC(C)CO)cc1. The van der Waals surface area contributed by atoms with Crippen molar-refractivity contribution in [3.05, 3.63) is 59.2 Å². The van der Waals surface area contributed by atoms with Gasteiger partial charge in [-0.05, 0) is 60.9 Å². The van der Waals surface area contributed by atoms with Gasteiger partial charge in [0.05, 0.1) is 11.6 Å². The van der Waals surface area contributed by atoms with E-state index in [1.54, 1.807) is 42.5 Å². The van der Waals surface area contributed by atoms with Gasteiger partial charge in [-0.2, -0.15) is 5.26 Å². The number of nitrogens with zero attached hydrogens (tertiary/aromatic N) is 1. The normalized spacial score (nSPS) is 11.4. The molecule has 1 atom stereocenters. The maximum atomic E-state index is 12.0. The highest BCUT2D eigenvalue weighted by molar-refractivity contribution is 5.94. The molecule has 2 aromatic carbocycles. The van der Waals surface area contributed by atoms with Gasteiger partial charge in [-0.25, -0.2) is 0 Å². The van der Waals surface area contributed by atoms with Gasteiger partial charge in [-0.3, -0.25) is 4.79 Å². The molecule has 0 saturated carbocycles. The maximum Gasteiger partial charge on any atom is 0.251 e. The van der Waals surface area contributed by atoms with E-state index in [0.29, 0.717) is 29.2 Å². The molecular weight excluding hydrogens is 304 g/mol. The van der Waals surface area contributed by atoms with Crippen LogP contribution in [0.5, 0.6) is 11.5 Å². The maximum absolute atomic E-state index is 12.0. The van der Waals surface area contributed by atoms with Gasteiger partial charge in [0.15, 0.2) is 0 Å². The third-order valence-electron chi connectivity index (χ3n) is 3.57. The number of aliphatic hydroxyl groups excluding tert-OH is 1. The van der Waals surface area contributed by atoms with E-state index in [4.69, 9.17) is 15.1 Å². The summed E-state index contributed by atoms with van der Waals surface area (Å²) in [5.74, 6) is 1.12. The molecular formula is C19H20N2O3. The quantitative estimate of drug-likeness (QED) is 0.855. The number of ether oxygens (including phenoxy) is 1. The van der Waals surface area contributed by atoms with E-state index >= 15 is 0 Å². The molecule has 0 aliphatic carbocycles. The number of amides is 1. The van der Waals surface area contributed by atoms with Gasteiger partial charge in [0.1, 0.15) is 11.5 Å². The first-order valence-electron chi connectivity index (χ1n) is 7.71. The first-order chi connectivity index (χ1) is 11.5. The monoisotopic (exact) mass is 324 g/mol. The molecule has 2 N–H and O–H groups in total. The van der Waals surface area contributed by atoms with Gasteiger partial charge in [-0.1, -0.05) is 6.92 Å². The largest absolute Gasteiger partial charge is 0.457 e. The average Bonchev–Trinajstić information content (AvgIpc) is 2.61. The lowest BCUT2D eigenvalue weighted by atomic mass is 10.1. The topological polar surface area (TPSA) is 82.3 Å². The lowest BCUT2D eigenvalue weighted by Crippen LogP contribution is -2.29. The minimum Gasteiger partial charge on any atom is -0.457 e. The third-order valence-corrected chi connectivity index (χ3v) is 3.57. The second-order valence-corrected chi connectivity index (χ2v) is 5.72. The van der Waals surface area contributed by atoms with Crippen molar-refractivity contribution in [3.8, 4) is 17.6 Å². The van der Waals surface area contributed by atoms with Crippen molar-refractivity contribution in [1.82, 2.24) is 5.32 Å². The Hall–Kier alpha value is -2.84. The van der Waals surface area contributed by atoms with E-state index in [1.807, 2.05) is 13.8 Å². The minimum absolute atomic E-state index is 0.0240. The predicted molar refractivity (Wildman–Crippen MR) is 91.0 cm³/mol. The molecule has 0 aromatic heterocycles. The Morgan fingerprint density at radius 1 is 1.29 bits per heavy atom. The summed E-state index contributed by atoms with van der Waals surface area (Å²) in [6, 6.07) is 14.1. The Balaban J connectivity index is 2.02. The van der Waals surface area contributed by atoms with E-state index in [-0.39, 0.29) is 18.4 Å². The molecule has 0 aliphatic heterocycles. The molecule has 0 spiro atoms. The van der Waals surface area contributed by atoms with Crippen molar-refractivity contribution >= 4 is 5.91 Å². The highest BCUT2D eigenvalue weighted by Crippen LogP contribution is 2.25. The summed E-state index contributed by atoms with van der Waals surface area (Å²) in [4.78, 5) is 12.0. The van der Waals surface area contributed by atoms with Crippen LogP contribution in [0.1, 0.15) is 28.4 Å². The van der Waals surface area contributed by atoms with Crippen LogP contribution < -0.4 is 10.1 Å². The van der Waals surface area contributed by atoms with E-state index in [0.717, 1.165) is 5.56 Å². The van der Waals surface area contributed by atoms with Gasteiger partial charge in [0.2, 0.25) is 0 Å². The summed E-state index contributed by atoms with van der Waals surface area (Å²) in [6.07, 6.45) is 0. The number of aliphatic hydroxyl groups is 1. The molecule has 2 aromatic rings. The fourth-order valence-electron chi connectivity index (χ4n) is 2.07. The molecule has 124 valence electrons. The van der Waals surface area contributed by atoms with Gasteiger partial charge < -0.3 is 15.2 Å². The Kier molecular flexibility index (Phi) is 5.94. The number of rotatable bonds is 6. The molecule has 5 heteroatoms. The Morgan fingerprint density at radius 3 is 2.58 bits per heavy atom. The predicted octanol–water partition coefficient (Wildman–Crippen LogP) is 3.02. The lowest BCUT2D eigenvalue weighted by Gasteiger charge is -2.11. The highest BCUT2D eigenvalue weighted by Gasteiger charge is 2.08. The van der Waals surface area contributed by atoms with Crippen molar-refractivity contribution < 1.29 is 14.6 Å². The summed E-state index contributed by atoms with van der Waals surface area (Å²) < 4.78 is 5.78. The van der Waals surface area contributed by atoms with Crippen molar-refractivity contribution in [3.63, 3.8) is 0 Å². The Morgan fingerprint density at radius 2 is 2.00 bits per heavy atom. The number of benzene rings is 2. The number of hydrogen-bond donors (Lipinski definition) is 2. The van der Waals surface area contributed by atoms with Crippen LogP contribution >= 0.6 is 0 Å². The molecule has 0 radical (unpaired) electrons. The number of nitriles is 1. The van der Waals surface area contributed by atoms with E-state index in [2.05, 4.69) is 11.4 Å². The van der Waals surface area contributed by atoms with Crippen LogP contribution in [0, 0.1) is 24.2 Å². The molecule has 0 fully saturated rings. The molecule has 0 aliphatic rings. The molecule has 5 nitrogen and oxygen atoms in total. The van der Waals surface area contributed by atoms with E-state index < -0.39 is 0 Å². The summed E-state index contributed by atoms with van der Waals surface area (Å²) in [5, 5.41) is 20.6. The van der Waals surface area contributed by atoms with Crippen LogP contribution in [-0.4, -0.2) is 24.2 Å². The molecule has 0 bridgehead atoms. The Labute approximate surface area is 141 Å². The van der Waals surface area contributed by atoms with Crippen LogP contribution in [0.4, 0.5) is 0 Å². The summed E-state index contributed by atoms with van der Waals surface area (Å²) in [5.41, 5.74) is 1.99. The zero-order chi connectivity index (χ0) is 17.5. The molecule has 24 heavy (non-hydrogen) atoms. The van der Waals surface area contributed by atoms with Crippen LogP contribution in [0.15, 0.2) is 42.5 Å². The molecule has 0 heterocycles. The smallest absolute Gasteiger partial charge is 0.251 e. The van der Waals surface area contributed by atoms with Gasteiger partial charge >= 0.3 is 0 Å². The highest BCUT2D eigenvalue weighted by atomic mass is 16.5. The van der Waals surface area contributed by atoms with Crippen LogP contribution in [0.3, 0.4) is 0 Å². The Bertz CT molecular complexity index is 748. The second-order valence-electron chi connectivity index (χ2n) is 5.72. The number of carbonyl (C=O) groups is 1. The number of nitrogens with one attached hydrogen (secondary N) is 1.